The monoisotopic (exact) mass is 261 g/mol. The van der Waals surface area contributed by atoms with E-state index in [0.717, 1.165) is 18.3 Å². The second kappa shape index (κ2) is 9.03. The SMILES string of the molecule is C=CCNC(=NCC(C)Oc1ccccc1)NCC. The van der Waals surface area contributed by atoms with E-state index in [9.17, 15) is 0 Å². The fourth-order valence-corrected chi connectivity index (χ4v) is 1.50. The molecule has 0 radical (unpaired) electrons. The van der Waals surface area contributed by atoms with E-state index in [1.54, 1.807) is 6.08 Å². The van der Waals surface area contributed by atoms with Crippen LogP contribution < -0.4 is 15.4 Å². The number of nitrogens with one attached hydrogen (secondary N) is 2. The Balaban J connectivity index is 2.44. The number of hydrogen-bond donors (Lipinski definition) is 2. The molecule has 0 saturated carbocycles. The molecule has 1 rings (SSSR count). The highest BCUT2D eigenvalue weighted by atomic mass is 16.5. The predicted molar refractivity (Wildman–Crippen MR) is 80.7 cm³/mol. The van der Waals surface area contributed by atoms with Gasteiger partial charge in [0, 0.05) is 13.1 Å². The zero-order valence-electron chi connectivity index (χ0n) is 11.7. The third kappa shape index (κ3) is 6.50. The van der Waals surface area contributed by atoms with Crippen LogP contribution in [-0.4, -0.2) is 31.7 Å². The molecule has 4 nitrogen and oxygen atoms in total. The van der Waals surface area contributed by atoms with Crippen molar-refractivity contribution < 1.29 is 4.74 Å². The second-order valence-corrected chi connectivity index (χ2v) is 4.13. The van der Waals surface area contributed by atoms with Crippen molar-refractivity contribution in [3.05, 3.63) is 43.0 Å². The Morgan fingerprint density at radius 2 is 2.11 bits per heavy atom. The van der Waals surface area contributed by atoms with E-state index in [-0.39, 0.29) is 6.10 Å². The summed E-state index contributed by atoms with van der Waals surface area (Å²) in [5, 5.41) is 6.33. The van der Waals surface area contributed by atoms with Crippen LogP contribution in [0.15, 0.2) is 48.0 Å². The Bertz CT molecular complexity index is 390. The molecule has 19 heavy (non-hydrogen) atoms. The topological polar surface area (TPSA) is 45.7 Å². The van der Waals surface area contributed by atoms with Gasteiger partial charge in [-0.15, -0.1) is 6.58 Å². The maximum absolute atomic E-state index is 5.76. The van der Waals surface area contributed by atoms with Crippen LogP contribution in [0.2, 0.25) is 0 Å². The second-order valence-electron chi connectivity index (χ2n) is 4.13. The first kappa shape index (κ1) is 15.1. The average Bonchev–Trinajstić information content (AvgIpc) is 2.43. The van der Waals surface area contributed by atoms with E-state index in [1.165, 1.54) is 0 Å². The van der Waals surface area contributed by atoms with Crippen LogP contribution in [0.1, 0.15) is 13.8 Å². The van der Waals surface area contributed by atoms with Gasteiger partial charge in [0.25, 0.3) is 0 Å². The van der Waals surface area contributed by atoms with Gasteiger partial charge in [-0.2, -0.15) is 0 Å². The third-order valence-corrected chi connectivity index (χ3v) is 2.35. The molecule has 4 heteroatoms. The van der Waals surface area contributed by atoms with Crippen molar-refractivity contribution in [2.75, 3.05) is 19.6 Å². The molecule has 104 valence electrons. The molecule has 1 unspecified atom stereocenters. The van der Waals surface area contributed by atoms with Gasteiger partial charge in [-0.3, -0.25) is 0 Å². The van der Waals surface area contributed by atoms with Gasteiger partial charge in [-0.25, -0.2) is 4.99 Å². The van der Waals surface area contributed by atoms with Gasteiger partial charge in [0.05, 0.1) is 6.54 Å². The zero-order chi connectivity index (χ0) is 13.9. The first-order valence-electron chi connectivity index (χ1n) is 6.61. The number of rotatable bonds is 7. The van der Waals surface area contributed by atoms with Crippen LogP contribution >= 0.6 is 0 Å². The van der Waals surface area contributed by atoms with Crippen LogP contribution in [0.25, 0.3) is 0 Å². The van der Waals surface area contributed by atoms with Crippen LogP contribution in [0.4, 0.5) is 0 Å². The summed E-state index contributed by atoms with van der Waals surface area (Å²) in [6.45, 7) is 9.84. The van der Waals surface area contributed by atoms with Crippen molar-refractivity contribution >= 4 is 5.96 Å². The first-order chi connectivity index (χ1) is 9.26. The summed E-state index contributed by atoms with van der Waals surface area (Å²) in [6.07, 6.45) is 1.83. The lowest BCUT2D eigenvalue weighted by Gasteiger charge is -2.14. The normalized spacial score (nSPS) is 12.6. The van der Waals surface area contributed by atoms with Gasteiger partial charge in [-0.1, -0.05) is 24.3 Å². The van der Waals surface area contributed by atoms with Crippen LogP contribution in [0.3, 0.4) is 0 Å². The van der Waals surface area contributed by atoms with Crippen LogP contribution in [0.5, 0.6) is 5.75 Å². The summed E-state index contributed by atoms with van der Waals surface area (Å²) in [6, 6.07) is 9.78. The lowest BCUT2D eigenvalue weighted by Crippen LogP contribution is -2.38. The molecular formula is C15H23N3O. The molecule has 1 aromatic carbocycles. The summed E-state index contributed by atoms with van der Waals surface area (Å²) in [7, 11) is 0. The van der Waals surface area contributed by atoms with Crippen molar-refractivity contribution in [1.82, 2.24) is 10.6 Å². The van der Waals surface area contributed by atoms with E-state index in [0.29, 0.717) is 13.1 Å². The standard InChI is InChI=1S/C15H23N3O/c1-4-11-17-15(16-5-2)18-12-13(3)19-14-9-7-6-8-10-14/h4,6-10,13H,1,5,11-12H2,2-3H3,(H2,16,17,18). The molecule has 0 spiro atoms. The highest BCUT2D eigenvalue weighted by Crippen LogP contribution is 2.10. The highest BCUT2D eigenvalue weighted by Gasteiger charge is 2.03. The summed E-state index contributed by atoms with van der Waals surface area (Å²) in [4.78, 5) is 4.47. The predicted octanol–water partition coefficient (Wildman–Crippen LogP) is 2.20. The maximum Gasteiger partial charge on any atom is 0.191 e. The fourth-order valence-electron chi connectivity index (χ4n) is 1.50. The average molecular weight is 261 g/mol. The van der Waals surface area contributed by atoms with Gasteiger partial charge in [0.15, 0.2) is 5.96 Å². The van der Waals surface area contributed by atoms with E-state index in [2.05, 4.69) is 22.2 Å². The molecule has 0 bridgehead atoms. The van der Waals surface area contributed by atoms with Gasteiger partial charge in [-0.05, 0) is 26.0 Å². The highest BCUT2D eigenvalue weighted by molar-refractivity contribution is 5.79. The van der Waals surface area contributed by atoms with Crippen LogP contribution in [-0.2, 0) is 0 Å². The molecule has 0 heterocycles. The number of aliphatic imine (C=N–C) groups is 1. The summed E-state index contributed by atoms with van der Waals surface area (Å²) < 4.78 is 5.76. The Kier molecular flexibility index (Phi) is 7.17. The molecule has 0 saturated heterocycles. The minimum Gasteiger partial charge on any atom is -0.489 e. The number of benzene rings is 1. The van der Waals surface area contributed by atoms with Crippen molar-refractivity contribution in [3.8, 4) is 5.75 Å². The van der Waals surface area contributed by atoms with E-state index in [4.69, 9.17) is 4.74 Å². The van der Waals surface area contributed by atoms with E-state index in [1.807, 2.05) is 44.2 Å². The molecule has 0 aliphatic rings. The molecule has 0 fully saturated rings. The van der Waals surface area contributed by atoms with Gasteiger partial charge in [0.2, 0.25) is 0 Å². The van der Waals surface area contributed by atoms with E-state index >= 15 is 0 Å². The van der Waals surface area contributed by atoms with Gasteiger partial charge >= 0.3 is 0 Å². The van der Waals surface area contributed by atoms with E-state index < -0.39 is 0 Å². The lowest BCUT2D eigenvalue weighted by molar-refractivity contribution is 0.230. The number of para-hydroxylation sites is 1. The van der Waals surface area contributed by atoms with Gasteiger partial charge in [0.1, 0.15) is 11.9 Å². The molecule has 1 atom stereocenters. The maximum atomic E-state index is 5.76. The first-order valence-corrected chi connectivity index (χ1v) is 6.61. The summed E-state index contributed by atoms with van der Waals surface area (Å²) >= 11 is 0. The Morgan fingerprint density at radius 1 is 1.37 bits per heavy atom. The number of ether oxygens (including phenoxy) is 1. The summed E-state index contributed by atoms with van der Waals surface area (Å²) in [5.41, 5.74) is 0. The Morgan fingerprint density at radius 3 is 2.74 bits per heavy atom. The Hall–Kier alpha value is -1.97. The number of hydrogen-bond acceptors (Lipinski definition) is 2. The molecule has 2 N–H and O–H groups in total. The molecular weight excluding hydrogens is 238 g/mol. The molecule has 1 aromatic rings. The van der Waals surface area contributed by atoms with Crippen molar-refractivity contribution in [2.45, 2.75) is 20.0 Å². The minimum atomic E-state index is 0.0292. The summed E-state index contributed by atoms with van der Waals surface area (Å²) in [5.74, 6) is 1.65. The van der Waals surface area contributed by atoms with Crippen molar-refractivity contribution in [3.63, 3.8) is 0 Å². The third-order valence-electron chi connectivity index (χ3n) is 2.35. The molecule has 0 aliphatic heterocycles. The van der Waals surface area contributed by atoms with Crippen molar-refractivity contribution in [2.24, 2.45) is 4.99 Å². The molecule has 0 aromatic heterocycles. The molecule has 0 amide bonds. The van der Waals surface area contributed by atoms with Crippen LogP contribution in [0, 0.1) is 0 Å². The van der Waals surface area contributed by atoms with Crippen molar-refractivity contribution in [1.29, 1.82) is 0 Å². The minimum absolute atomic E-state index is 0.0292. The number of nitrogens with zero attached hydrogens (tertiary/aromatic N) is 1. The number of guanidine groups is 1. The lowest BCUT2D eigenvalue weighted by atomic mass is 10.3. The zero-order valence-corrected chi connectivity index (χ0v) is 11.7. The molecule has 0 aliphatic carbocycles. The Labute approximate surface area is 115 Å². The quantitative estimate of drug-likeness (QED) is 0.449. The largest absolute Gasteiger partial charge is 0.489 e. The van der Waals surface area contributed by atoms with Gasteiger partial charge < -0.3 is 15.4 Å². The fraction of sp³-hybridized carbons (Fsp3) is 0.400. The smallest absolute Gasteiger partial charge is 0.191 e.